The van der Waals surface area contributed by atoms with Crippen LogP contribution < -0.4 is 5.32 Å². The Morgan fingerprint density at radius 2 is 1.45 bits per heavy atom. The van der Waals surface area contributed by atoms with Crippen LogP contribution in [0.25, 0.3) is 0 Å². The van der Waals surface area contributed by atoms with Crippen LogP contribution in [-0.4, -0.2) is 55.7 Å². The Hall–Kier alpha value is -0.120. The normalized spacial score (nSPS) is 17.7. The number of rotatable bonds is 19. The molecule has 0 aromatic carbocycles. The molecule has 0 aliphatic carbocycles. The van der Waals surface area contributed by atoms with E-state index in [4.69, 9.17) is 0 Å². The predicted molar refractivity (Wildman–Crippen MR) is 131 cm³/mol. The van der Waals surface area contributed by atoms with Crippen molar-refractivity contribution in [1.82, 2.24) is 15.1 Å². The lowest BCUT2D eigenvalue weighted by Crippen LogP contribution is -2.43. The first-order chi connectivity index (χ1) is 14.2. The molecule has 2 atom stereocenters. The van der Waals surface area contributed by atoms with Crippen LogP contribution in [0.2, 0.25) is 0 Å². The molecule has 1 saturated heterocycles. The van der Waals surface area contributed by atoms with Gasteiger partial charge in [0.05, 0.1) is 6.67 Å². The molecule has 3 heteroatoms. The molecule has 3 nitrogen and oxygen atoms in total. The first-order valence-corrected chi connectivity index (χ1v) is 13.4. The summed E-state index contributed by atoms with van der Waals surface area (Å²) in [5.74, 6) is 1.77. The van der Waals surface area contributed by atoms with Crippen LogP contribution >= 0.6 is 0 Å². The van der Waals surface area contributed by atoms with Crippen molar-refractivity contribution in [2.45, 2.75) is 111 Å². The zero-order valence-electron chi connectivity index (χ0n) is 20.7. The van der Waals surface area contributed by atoms with E-state index >= 15 is 0 Å². The number of nitrogens with zero attached hydrogens (tertiary/aromatic N) is 2. The van der Waals surface area contributed by atoms with E-state index in [1.807, 2.05) is 0 Å². The number of nitrogens with one attached hydrogen (secondary N) is 1. The molecule has 0 bridgehead atoms. The van der Waals surface area contributed by atoms with Crippen LogP contribution in [0.1, 0.15) is 111 Å². The van der Waals surface area contributed by atoms with E-state index in [2.05, 4.69) is 42.8 Å². The first kappa shape index (κ1) is 26.9. The summed E-state index contributed by atoms with van der Waals surface area (Å²) in [4.78, 5) is 5.51. The average molecular weight is 410 g/mol. The van der Waals surface area contributed by atoms with Crippen LogP contribution in [0.4, 0.5) is 0 Å². The van der Waals surface area contributed by atoms with Crippen molar-refractivity contribution in [1.29, 1.82) is 0 Å². The summed E-state index contributed by atoms with van der Waals surface area (Å²) < 4.78 is 0. The molecule has 1 heterocycles. The minimum Gasteiger partial charge on any atom is -0.316 e. The molecule has 0 spiro atoms. The van der Waals surface area contributed by atoms with Gasteiger partial charge in [-0.3, -0.25) is 9.80 Å². The zero-order chi connectivity index (χ0) is 21.2. The third kappa shape index (κ3) is 13.7. The second kappa shape index (κ2) is 18.6. The Labute approximate surface area is 184 Å². The van der Waals surface area contributed by atoms with Crippen molar-refractivity contribution in [3.05, 3.63) is 0 Å². The van der Waals surface area contributed by atoms with Gasteiger partial charge in [-0.2, -0.15) is 0 Å². The Bertz CT molecular complexity index is 341. The highest BCUT2D eigenvalue weighted by molar-refractivity contribution is 4.70. The van der Waals surface area contributed by atoms with Crippen LogP contribution in [0.3, 0.4) is 0 Å². The Kier molecular flexibility index (Phi) is 17.3. The molecule has 0 radical (unpaired) electrons. The Morgan fingerprint density at radius 1 is 0.793 bits per heavy atom. The van der Waals surface area contributed by atoms with Gasteiger partial charge in [-0.15, -0.1) is 0 Å². The number of unbranched alkanes of at least 4 members (excludes halogenated alkanes) is 3. The zero-order valence-corrected chi connectivity index (χ0v) is 20.7. The maximum absolute atomic E-state index is 3.75. The second-order valence-electron chi connectivity index (χ2n) is 9.64. The molecule has 0 aromatic heterocycles. The summed E-state index contributed by atoms with van der Waals surface area (Å²) in [6.07, 6.45) is 17.9. The quantitative estimate of drug-likeness (QED) is 0.244. The van der Waals surface area contributed by atoms with Gasteiger partial charge in [0.1, 0.15) is 0 Å². The molecule has 1 fully saturated rings. The third-order valence-electron chi connectivity index (χ3n) is 6.96. The van der Waals surface area contributed by atoms with Gasteiger partial charge in [-0.25, -0.2) is 0 Å². The number of piperidine rings is 1. The smallest absolute Gasteiger partial charge is 0.0506 e. The van der Waals surface area contributed by atoms with Crippen LogP contribution in [0.5, 0.6) is 0 Å². The lowest BCUT2D eigenvalue weighted by Gasteiger charge is -2.34. The molecule has 1 N–H and O–H groups in total. The molecule has 29 heavy (non-hydrogen) atoms. The fourth-order valence-electron chi connectivity index (χ4n) is 4.72. The first-order valence-electron chi connectivity index (χ1n) is 13.4. The van der Waals surface area contributed by atoms with E-state index in [9.17, 15) is 0 Å². The minimum atomic E-state index is 0.884. The molecule has 0 amide bonds. The van der Waals surface area contributed by atoms with Crippen molar-refractivity contribution < 1.29 is 0 Å². The molecular formula is C26H55N3. The van der Waals surface area contributed by atoms with Gasteiger partial charge >= 0.3 is 0 Å². The lowest BCUT2D eigenvalue weighted by atomic mass is 9.98. The van der Waals surface area contributed by atoms with Crippen molar-refractivity contribution >= 4 is 0 Å². The summed E-state index contributed by atoms with van der Waals surface area (Å²) in [5, 5.41) is 3.75. The van der Waals surface area contributed by atoms with E-state index in [1.54, 1.807) is 0 Å². The number of hydrogen-bond donors (Lipinski definition) is 1. The van der Waals surface area contributed by atoms with E-state index in [0.717, 1.165) is 11.8 Å². The molecule has 1 aliphatic rings. The average Bonchev–Trinajstić information content (AvgIpc) is 2.76. The molecule has 2 unspecified atom stereocenters. The summed E-state index contributed by atoms with van der Waals surface area (Å²) >= 11 is 0. The highest BCUT2D eigenvalue weighted by atomic mass is 15.3. The topological polar surface area (TPSA) is 18.5 Å². The van der Waals surface area contributed by atoms with Crippen molar-refractivity contribution in [3.8, 4) is 0 Å². The third-order valence-corrected chi connectivity index (χ3v) is 6.96. The van der Waals surface area contributed by atoms with Gasteiger partial charge < -0.3 is 5.32 Å². The van der Waals surface area contributed by atoms with E-state index in [1.165, 1.54) is 129 Å². The monoisotopic (exact) mass is 409 g/mol. The van der Waals surface area contributed by atoms with Crippen molar-refractivity contribution in [2.75, 3.05) is 45.9 Å². The SMILES string of the molecule is CCCCC(CC)CNCCCCN(CC(CC)CCCC)CN1CCCCC1. The lowest BCUT2D eigenvalue weighted by molar-refractivity contribution is 0.0953. The van der Waals surface area contributed by atoms with Gasteiger partial charge in [-0.1, -0.05) is 72.6 Å². The highest BCUT2D eigenvalue weighted by Gasteiger charge is 2.17. The number of likely N-dealkylation sites (tertiary alicyclic amines) is 1. The Morgan fingerprint density at radius 3 is 2.07 bits per heavy atom. The van der Waals surface area contributed by atoms with Gasteiger partial charge in [0.2, 0.25) is 0 Å². The van der Waals surface area contributed by atoms with Crippen LogP contribution in [-0.2, 0) is 0 Å². The molecule has 1 rings (SSSR count). The highest BCUT2D eigenvalue weighted by Crippen LogP contribution is 2.17. The van der Waals surface area contributed by atoms with Crippen molar-refractivity contribution in [3.63, 3.8) is 0 Å². The summed E-state index contributed by atoms with van der Waals surface area (Å²) in [6, 6.07) is 0. The van der Waals surface area contributed by atoms with Gasteiger partial charge in [0, 0.05) is 6.54 Å². The maximum Gasteiger partial charge on any atom is 0.0506 e. The summed E-state index contributed by atoms with van der Waals surface area (Å²) in [7, 11) is 0. The van der Waals surface area contributed by atoms with Gasteiger partial charge in [0.25, 0.3) is 0 Å². The maximum atomic E-state index is 3.75. The van der Waals surface area contributed by atoms with Gasteiger partial charge in [-0.05, 0) is 83.1 Å². The number of hydrogen-bond acceptors (Lipinski definition) is 3. The van der Waals surface area contributed by atoms with Crippen LogP contribution in [0, 0.1) is 11.8 Å². The minimum absolute atomic E-state index is 0.884. The van der Waals surface area contributed by atoms with E-state index < -0.39 is 0 Å². The molecule has 1 aliphatic heterocycles. The van der Waals surface area contributed by atoms with Crippen LogP contribution in [0.15, 0.2) is 0 Å². The Balaban J connectivity index is 2.31. The predicted octanol–water partition coefficient (Wildman–Crippen LogP) is 6.53. The fourth-order valence-corrected chi connectivity index (χ4v) is 4.72. The molecule has 0 aromatic rings. The van der Waals surface area contributed by atoms with E-state index in [0.29, 0.717) is 0 Å². The van der Waals surface area contributed by atoms with Gasteiger partial charge in [0.15, 0.2) is 0 Å². The fraction of sp³-hybridized carbons (Fsp3) is 1.00. The summed E-state index contributed by atoms with van der Waals surface area (Å²) in [5.41, 5.74) is 0. The molecular weight excluding hydrogens is 354 g/mol. The van der Waals surface area contributed by atoms with E-state index in [-0.39, 0.29) is 0 Å². The molecule has 0 saturated carbocycles. The largest absolute Gasteiger partial charge is 0.316 e. The van der Waals surface area contributed by atoms with Crippen molar-refractivity contribution in [2.24, 2.45) is 11.8 Å². The molecule has 174 valence electrons. The second-order valence-corrected chi connectivity index (χ2v) is 9.64. The summed E-state index contributed by atoms with van der Waals surface area (Å²) in [6.45, 7) is 18.3. The standard InChI is InChI=1S/C26H55N3/c1-5-9-16-25(7-3)22-27-18-12-15-21-29(23-26(8-4)17-10-6-2)24-28-19-13-11-14-20-28/h25-27H,5-24H2,1-4H3.